The Morgan fingerprint density at radius 3 is 2.79 bits per heavy atom. The van der Waals surface area contributed by atoms with E-state index in [0.29, 0.717) is 23.3 Å². The van der Waals surface area contributed by atoms with Crippen LogP contribution >= 0.6 is 0 Å². The Balaban J connectivity index is 1.82. The zero-order chi connectivity index (χ0) is 17.1. The molecular weight excluding hydrogens is 314 g/mol. The lowest BCUT2D eigenvalue weighted by molar-refractivity contribution is 0.101. The summed E-state index contributed by atoms with van der Waals surface area (Å²) in [6.45, 7) is 0.572. The Morgan fingerprint density at radius 2 is 2.00 bits per heavy atom. The molecule has 0 radical (unpaired) electrons. The summed E-state index contributed by atoms with van der Waals surface area (Å²) in [6.07, 6.45) is 0. The van der Waals surface area contributed by atoms with Gasteiger partial charge in [-0.25, -0.2) is 9.48 Å². The highest BCUT2D eigenvalue weighted by atomic mass is 16.5. The molecule has 0 aliphatic carbocycles. The van der Waals surface area contributed by atoms with E-state index in [9.17, 15) is 14.4 Å². The smallest absolute Gasteiger partial charge is 0.323 e. The summed E-state index contributed by atoms with van der Waals surface area (Å²) in [5.41, 5.74) is 1.20. The number of rotatable bonds is 5. The largest absolute Gasteiger partial charge is 0.383 e. The van der Waals surface area contributed by atoms with Crippen molar-refractivity contribution in [1.82, 2.24) is 19.7 Å². The predicted octanol–water partition coefficient (Wildman–Crippen LogP) is 0.312. The van der Waals surface area contributed by atoms with Gasteiger partial charge in [0, 0.05) is 18.9 Å². The third-order valence-electron chi connectivity index (χ3n) is 3.38. The van der Waals surface area contributed by atoms with E-state index < -0.39 is 5.91 Å². The number of carbonyl (C=O) groups is 1. The maximum atomic E-state index is 12.3. The van der Waals surface area contributed by atoms with Gasteiger partial charge in [-0.15, -0.1) is 0 Å². The van der Waals surface area contributed by atoms with E-state index >= 15 is 0 Å². The van der Waals surface area contributed by atoms with Crippen molar-refractivity contribution in [2.24, 2.45) is 0 Å². The van der Waals surface area contributed by atoms with Gasteiger partial charge in [0.25, 0.3) is 11.5 Å². The predicted molar refractivity (Wildman–Crippen MR) is 87.2 cm³/mol. The van der Waals surface area contributed by atoms with Gasteiger partial charge in [-0.2, -0.15) is 5.10 Å². The van der Waals surface area contributed by atoms with Crippen molar-refractivity contribution in [2.45, 2.75) is 6.54 Å². The molecule has 0 atom stereocenters. The number of carbonyl (C=O) groups excluding carboxylic acids is 1. The van der Waals surface area contributed by atoms with Crippen molar-refractivity contribution in [1.29, 1.82) is 0 Å². The average molecular weight is 329 g/mol. The van der Waals surface area contributed by atoms with E-state index in [-0.39, 0.29) is 23.5 Å². The SMILES string of the molecule is COCCn1nc(C(=O)Nc2ccc3[nH]c(=O)[nH]c3c2)ccc1=O. The van der Waals surface area contributed by atoms with E-state index in [4.69, 9.17) is 4.74 Å². The fourth-order valence-electron chi connectivity index (χ4n) is 2.21. The molecular formula is C15H15N5O4. The minimum absolute atomic E-state index is 0.105. The Hall–Kier alpha value is -3.20. The van der Waals surface area contributed by atoms with Crippen molar-refractivity contribution in [2.75, 3.05) is 19.0 Å². The maximum absolute atomic E-state index is 12.3. The second kappa shape index (κ2) is 6.50. The number of methoxy groups -OCH3 is 1. The van der Waals surface area contributed by atoms with E-state index in [1.165, 1.54) is 23.9 Å². The number of nitrogens with zero attached hydrogens (tertiary/aromatic N) is 2. The molecule has 1 amide bonds. The second-order valence-corrected chi connectivity index (χ2v) is 5.07. The number of fused-ring (bicyclic) bond motifs is 1. The maximum Gasteiger partial charge on any atom is 0.323 e. The number of benzene rings is 1. The Kier molecular flexibility index (Phi) is 4.25. The molecule has 3 aromatic rings. The zero-order valence-electron chi connectivity index (χ0n) is 12.8. The van der Waals surface area contributed by atoms with Crippen LogP contribution < -0.4 is 16.6 Å². The Bertz CT molecular complexity index is 1000. The molecule has 9 heteroatoms. The molecule has 0 spiro atoms. The third kappa shape index (κ3) is 3.25. The highest BCUT2D eigenvalue weighted by molar-refractivity contribution is 6.03. The van der Waals surface area contributed by atoms with Gasteiger partial charge in [0.1, 0.15) is 5.69 Å². The summed E-state index contributed by atoms with van der Waals surface area (Å²) in [6, 6.07) is 7.61. The quantitative estimate of drug-likeness (QED) is 0.622. The lowest BCUT2D eigenvalue weighted by Crippen LogP contribution is -2.27. The standard InChI is InChI=1S/C15H15N5O4/c1-24-7-6-20-13(21)5-4-11(19-20)14(22)16-9-2-3-10-12(8-9)18-15(23)17-10/h2-5,8H,6-7H2,1H3,(H,16,22)(H2,17,18,23). The van der Waals surface area contributed by atoms with Crippen LogP contribution in [0.25, 0.3) is 11.0 Å². The van der Waals surface area contributed by atoms with Crippen LogP contribution in [-0.2, 0) is 11.3 Å². The fourth-order valence-corrected chi connectivity index (χ4v) is 2.21. The number of hydrogen-bond donors (Lipinski definition) is 3. The van der Waals surface area contributed by atoms with E-state index in [1.54, 1.807) is 18.2 Å². The molecule has 0 bridgehead atoms. The first kappa shape index (κ1) is 15.7. The van der Waals surface area contributed by atoms with E-state index in [0.717, 1.165) is 0 Å². The molecule has 124 valence electrons. The number of ether oxygens (including phenoxy) is 1. The molecule has 0 saturated carbocycles. The molecule has 0 saturated heterocycles. The highest BCUT2D eigenvalue weighted by Gasteiger charge is 2.11. The number of aromatic nitrogens is 4. The number of hydrogen-bond acceptors (Lipinski definition) is 5. The van der Waals surface area contributed by atoms with Crippen LogP contribution in [0.15, 0.2) is 39.9 Å². The van der Waals surface area contributed by atoms with Crippen molar-refractivity contribution < 1.29 is 9.53 Å². The third-order valence-corrected chi connectivity index (χ3v) is 3.38. The number of anilines is 1. The summed E-state index contributed by atoms with van der Waals surface area (Å²) in [5, 5.41) is 6.70. The lowest BCUT2D eigenvalue weighted by Gasteiger charge is -2.07. The van der Waals surface area contributed by atoms with Gasteiger partial charge in [-0.05, 0) is 24.3 Å². The average Bonchev–Trinajstić information content (AvgIpc) is 2.93. The van der Waals surface area contributed by atoms with Crippen LogP contribution in [0.2, 0.25) is 0 Å². The topological polar surface area (TPSA) is 122 Å². The summed E-state index contributed by atoms with van der Waals surface area (Å²) in [4.78, 5) is 40.5. The van der Waals surface area contributed by atoms with Gasteiger partial charge in [0.15, 0.2) is 0 Å². The highest BCUT2D eigenvalue weighted by Crippen LogP contribution is 2.15. The zero-order valence-corrected chi connectivity index (χ0v) is 12.8. The van der Waals surface area contributed by atoms with Gasteiger partial charge in [-0.1, -0.05) is 0 Å². The molecule has 2 aromatic heterocycles. The first-order valence-corrected chi connectivity index (χ1v) is 7.17. The monoisotopic (exact) mass is 329 g/mol. The summed E-state index contributed by atoms with van der Waals surface area (Å²) < 4.78 is 6.08. The Labute approximate surface area is 135 Å². The van der Waals surface area contributed by atoms with Crippen LogP contribution in [0.4, 0.5) is 5.69 Å². The number of nitrogens with one attached hydrogen (secondary N) is 3. The van der Waals surface area contributed by atoms with Gasteiger partial charge in [0.05, 0.1) is 24.2 Å². The van der Waals surface area contributed by atoms with Crippen molar-refractivity contribution >= 4 is 22.6 Å². The van der Waals surface area contributed by atoms with Crippen molar-refractivity contribution in [3.63, 3.8) is 0 Å². The van der Waals surface area contributed by atoms with Crippen LogP contribution in [0, 0.1) is 0 Å². The van der Waals surface area contributed by atoms with Gasteiger partial charge in [-0.3, -0.25) is 9.59 Å². The van der Waals surface area contributed by atoms with Crippen molar-refractivity contribution in [3.05, 3.63) is 56.9 Å². The van der Waals surface area contributed by atoms with E-state index in [1.807, 2.05) is 0 Å². The molecule has 3 N–H and O–H groups in total. The van der Waals surface area contributed by atoms with Crippen LogP contribution in [-0.4, -0.2) is 39.4 Å². The van der Waals surface area contributed by atoms with Crippen molar-refractivity contribution in [3.8, 4) is 0 Å². The normalized spacial score (nSPS) is 10.9. The van der Waals surface area contributed by atoms with E-state index in [2.05, 4.69) is 20.4 Å². The fraction of sp³-hybridized carbons (Fsp3) is 0.200. The Morgan fingerprint density at radius 1 is 1.21 bits per heavy atom. The molecule has 9 nitrogen and oxygen atoms in total. The van der Waals surface area contributed by atoms with Gasteiger partial charge < -0.3 is 20.0 Å². The van der Waals surface area contributed by atoms with Crippen LogP contribution in [0.5, 0.6) is 0 Å². The number of H-pyrrole nitrogens is 2. The first-order valence-electron chi connectivity index (χ1n) is 7.17. The molecule has 0 aliphatic rings. The summed E-state index contributed by atoms with van der Waals surface area (Å²) in [7, 11) is 1.52. The second-order valence-electron chi connectivity index (χ2n) is 5.07. The molecule has 2 heterocycles. The molecule has 3 rings (SSSR count). The number of aromatic amines is 2. The minimum atomic E-state index is -0.460. The number of imidazole rings is 1. The van der Waals surface area contributed by atoms with Crippen LogP contribution in [0.1, 0.15) is 10.5 Å². The first-order chi connectivity index (χ1) is 11.6. The molecule has 0 aliphatic heterocycles. The van der Waals surface area contributed by atoms with Gasteiger partial charge >= 0.3 is 5.69 Å². The summed E-state index contributed by atoms with van der Waals surface area (Å²) in [5.74, 6) is -0.460. The van der Waals surface area contributed by atoms with Crippen LogP contribution in [0.3, 0.4) is 0 Å². The molecule has 0 unspecified atom stereocenters. The minimum Gasteiger partial charge on any atom is -0.383 e. The lowest BCUT2D eigenvalue weighted by atomic mass is 10.2. The summed E-state index contributed by atoms with van der Waals surface area (Å²) >= 11 is 0. The molecule has 24 heavy (non-hydrogen) atoms. The molecule has 1 aromatic carbocycles. The van der Waals surface area contributed by atoms with Gasteiger partial charge in [0.2, 0.25) is 0 Å². The number of amides is 1. The molecule has 0 fully saturated rings.